The second kappa shape index (κ2) is 5.52. The van der Waals surface area contributed by atoms with Crippen molar-refractivity contribution in [2.75, 3.05) is 14.2 Å². The smallest absolute Gasteiger partial charge is 0.265 e. The first-order valence-electron chi connectivity index (χ1n) is 6.66. The van der Waals surface area contributed by atoms with Crippen molar-refractivity contribution in [2.45, 2.75) is 18.8 Å². The van der Waals surface area contributed by atoms with Gasteiger partial charge in [0, 0.05) is 5.92 Å². The summed E-state index contributed by atoms with van der Waals surface area (Å²) >= 11 is 3.33. The molecule has 5 nitrogen and oxygen atoms in total. The topological polar surface area (TPSA) is 64.2 Å². The van der Waals surface area contributed by atoms with Gasteiger partial charge in [0.1, 0.15) is 10.3 Å². The Morgan fingerprint density at radius 2 is 2.05 bits per heavy atom. The first-order valence-corrected chi connectivity index (χ1v) is 7.46. The van der Waals surface area contributed by atoms with E-state index in [-0.39, 0.29) is 5.56 Å². The zero-order valence-corrected chi connectivity index (χ0v) is 13.4. The Labute approximate surface area is 130 Å². The molecule has 1 N–H and O–H groups in total. The number of ether oxygens (including phenoxy) is 2. The van der Waals surface area contributed by atoms with Crippen LogP contribution >= 0.6 is 15.9 Å². The van der Waals surface area contributed by atoms with Crippen LogP contribution in [-0.2, 0) is 0 Å². The third kappa shape index (κ3) is 2.55. The van der Waals surface area contributed by atoms with Crippen molar-refractivity contribution in [3.8, 4) is 22.9 Å². The highest BCUT2D eigenvalue weighted by molar-refractivity contribution is 9.10. The van der Waals surface area contributed by atoms with Crippen LogP contribution in [0, 0.1) is 0 Å². The molecule has 1 aromatic heterocycles. The van der Waals surface area contributed by atoms with Gasteiger partial charge in [0.2, 0.25) is 0 Å². The Bertz CT molecular complexity index is 738. The predicted molar refractivity (Wildman–Crippen MR) is 83.1 cm³/mol. The van der Waals surface area contributed by atoms with Crippen LogP contribution in [-0.4, -0.2) is 24.2 Å². The zero-order chi connectivity index (χ0) is 15.0. The van der Waals surface area contributed by atoms with Gasteiger partial charge >= 0.3 is 0 Å². The lowest BCUT2D eigenvalue weighted by atomic mass is 10.1. The number of nitrogens with zero attached hydrogens (tertiary/aromatic N) is 1. The average molecular weight is 351 g/mol. The normalized spacial score (nSPS) is 14.0. The minimum absolute atomic E-state index is 0.174. The number of rotatable bonds is 4. The summed E-state index contributed by atoms with van der Waals surface area (Å²) in [6, 6.07) is 5.50. The van der Waals surface area contributed by atoms with Crippen LogP contribution in [0.4, 0.5) is 0 Å². The van der Waals surface area contributed by atoms with Gasteiger partial charge in [0.05, 0.1) is 25.5 Å². The van der Waals surface area contributed by atoms with Crippen LogP contribution in [0.1, 0.15) is 24.5 Å². The molecular formula is C15H15BrN2O3. The Morgan fingerprint density at radius 1 is 1.29 bits per heavy atom. The highest BCUT2D eigenvalue weighted by Crippen LogP contribution is 2.42. The van der Waals surface area contributed by atoms with Crippen LogP contribution in [0.3, 0.4) is 0 Å². The number of H-pyrrole nitrogens is 1. The van der Waals surface area contributed by atoms with E-state index in [4.69, 9.17) is 9.47 Å². The number of nitrogens with one attached hydrogen (secondary N) is 1. The monoisotopic (exact) mass is 350 g/mol. The maximum atomic E-state index is 12.1. The van der Waals surface area contributed by atoms with Gasteiger partial charge in [-0.05, 0) is 40.9 Å². The van der Waals surface area contributed by atoms with Gasteiger partial charge < -0.3 is 14.5 Å². The van der Waals surface area contributed by atoms with E-state index in [1.807, 2.05) is 12.1 Å². The van der Waals surface area contributed by atoms with E-state index in [2.05, 4.69) is 25.9 Å². The molecule has 1 aromatic carbocycles. The summed E-state index contributed by atoms with van der Waals surface area (Å²) in [5.74, 6) is 2.04. The molecule has 21 heavy (non-hydrogen) atoms. The largest absolute Gasteiger partial charge is 0.493 e. The SMILES string of the molecule is COc1cccc(-c2nc(C3CC3)c(Br)c(=O)[nH]2)c1OC. The summed E-state index contributed by atoms with van der Waals surface area (Å²) < 4.78 is 11.2. The van der Waals surface area contributed by atoms with Gasteiger partial charge in [-0.3, -0.25) is 4.79 Å². The van der Waals surface area contributed by atoms with E-state index in [9.17, 15) is 4.79 Å². The standard InChI is InChI=1S/C15H15BrN2O3/c1-20-10-5-3-4-9(13(10)21-2)14-17-12(8-6-7-8)11(16)15(19)18-14/h3-5,8H,6-7H2,1-2H3,(H,17,18,19). The molecule has 1 aliphatic carbocycles. The van der Waals surface area contributed by atoms with E-state index in [1.54, 1.807) is 20.3 Å². The molecule has 0 saturated heterocycles. The quantitative estimate of drug-likeness (QED) is 0.920. The third-order valence-corrected chi connectivity index (χ3v) is 4.28. The summed E-state index contributed by atoms with van der Waals surface area (Å²) in [4.78, 5) is 19.5. The van der Waals surface area contributed by atoms with Crippen LogP contribution in [0.2, 0.25) is 0 Å². The third-order valence-electron chi connectivity index (χ3n) is 3.51. The number of halogens is 1. The van der Waals surface area contributed by atoms with E-state index >= 15 is 0 Å². The van der Waals surface area contributed by atoms with Crippen molar-refractivity contribution in [3.05, 3.63) is 38.7 Å². The molecular weight excluding hydrogens is 336 g/mol. The second-order valence-electron chi connectivity index (χ2n) is 4.93. The Balaban J connectivity index is 2.19. The molecule has 0 aliphatic heterocycles. The number of benzene rings is 1. The van der Waals surface area contributed by atoms with Crippen molar-refractivity contribution in [2.24, 2.45) is 0 Å². The minimum Gasteiger partial charge on any atom is -0.493 e. The lowest BCUT2D eigenvalue weighted by molar-refractivity contribution is 0.356. The first-order chi connectivity index (χ1) is 10.2. The highest BCUT2D eigenvalue weighted by atomic mass is 79.9. The molecule has 1 fully saturated rings. The number of methoxy groups -OCH3 is 2. The zero-order valence-electron chi connectivity index (χ0n) is 11.8. The average Bonchev–Trinajstić information content (AvgIpc) is 3.33. The van der Waals surface area contributed by atoms with Gasteiger partial charge in [-0.25, -0.2) is 4.98 Å². The van der Waals surface area contributed by atoms with E-state index in [1.165, 1.54) is 0 Å². The van der Waals surface area contributed by atoms with Gasteiger partial charge in [-0.2, -0.15) is 0 Å². The van der Waals surface area contributed by atoms with Crippen molar-refractivity contribution in [1.82, 2.24) is 9.97 Å². The lowest BCUT2D eigenvalue weighted by Crippen LogP contribution is -2.13. The number of hydrogen-bond acceptors (Lipinski definition) is 4. The van der Waals surface area contributed by atoms with E-state index in [0.29, 0.717) is 33.3 Å². The molecule has 0 radical (unpaired) electrons. The van der Waals surface area contributed by atoms with Gasteiger partial charge in [-0.15, -0.1) is 0 Å². The molecule has 0 bridgehead atoms. The molecule has 0 unspecified atom stereocenters. The fourth-order valence-corrected chi connectivity index (χ4v) is 2.82. The molecule has 1 heterocycles. The summed E-state index contributed by atoms with van der Waals surface area (Å²) in [6.07, 6.45) is 2.15. The molecule has 0 atom stereocenters. The maximum Gasteiger partial charge on any atom is 0.265 e. The molecule has 110 valence electrons. The molecule has 6 heteroatoms. The lowest BCUT2D eigenvalue weighted by Gasteiger charge is -2.13. The number of hydrogen-bond donors (Lipinski definition) is 1. The van der Waals surface area contributed by atoms with Crippen molar-refractivity contribution in [3.63, 3.8) is 0 Å². The van der Waals surface area contributed by atoms with E-state index < -0.39 is 0 Å². The molecule has 0 spiro atoms. The van der Waals surface area contributed by atoms with Crippen LogP contribution in [0.5, 0.6) is 11.5 Å². The Morgan fingerprint density at radius 3 is 2.67 bits per heavy atom. The summed E-state index contributed by atoms with van der Waals surface area (Å²) in [5.41, 5.74) is 1.36. The van der Waals surface area contributed by atoms with Crippen LogP contribution in [0.15, 0.2) is 27.5 Å². The van der Waals surface area contributed by atoms with Crippen molar-refractivity contribution >= 4 is 15.9 Å². The summed E-state index contributed by atoms with van der Waals surface area (Å²) in [6.45, 7) is 0. The maximum absolute atomic E-state index is 12.1. The fourth-order valence-electron chi connectivity index (χ4n) is 2.30. The first kappa shape index (κ1) is 14.1. The summed E-state index contributed by atoms with van der Waals surface area (Å²) in [5, 5.41) is 0. The van der Waals surface area contributed by atoms with Gasteiger partial charge in [0.25, 0.3) is 5.56 Å². The summed E-state index contributed by atoms with van der Waals surface area (Å²) in [7, 11) is 3.15. The van der Waals surface area contributed by atoms with Crippen LogP contribution in [0.25, 0.3) is 11.4 Å². The van der Waals surface area contributed by atoms with Crippen LogP contribution < -0.4 is 15.0 Å². The molecule has 3 rings (SSSR count). The molecule has 1 saturated carbocycles. The number of para-hydroxylation sites is 1. The Hall–Kier alpha value is -1.82. The second-order valence-corrected chi connectivity index (χ2v) is 5.72. The van der Waals surface area contributed by atoms with Crippen molar-refractivity contribution in [1.29, 1.82) is 0 Å². The predicted octanol–water partition coefficient (Wildman–Crippen LogP) is 3.09. The van der Waals surface area contributed by atoms with E-state index in [0.717, 1.165) is 18.5 Å². The minimum atomic E-state index is -0.174. The molecule has 2 aromatic rings. The molecule has 0 amide bonds. The molecule has 1 aliphatic rings. The van der Waals surface area contributed by atoms with Gasteiger partial charge in [-0.1, -0.05) is 6.07 Å². The van der Waals surface area contributed by atoms with Crippen molar-refractivity contribution < 1.29 is 9.47 Å². The number of aromatic nitrogens is 2. The fraction of sp³-hybridized carbons (Fsp3) is 0.333. The van der Waals surface area contributed by atoms with Gasteiger partial charge in [0.15, 0.2) is 11.5 Å². The highest BCUT2D eigenvalue weighted by Gasteiger charge is 2.29. The Kier molecular flexibility index (Phi) is 3.71. The number of aromatic amines is 1.